The lowest BCUT2D eigenvalue weighted by Gasteiger charge is -2.24. The van der Waals surface area contributed by atoms with Crippen molar-refractivity contribution < 1.29 is 4.79 Å². The highest BCUT2D eigenvalue weighted by atomic mass is 16.2. The van der Waals surface area contributed by atoms with Crippen LogP contribution in [0.5, 0.6) is 0 Å². The minimum absolute atomic E-state index is 0.0540. The molecule has 4 nitrogen and oxygen atoms in total. The summed E-state index contributed by atoms with van der Waals surface area (Å²) in [7, 11) is 1.94. The van der Waals surface area contributed by atoms with Gasteiger partial charge in [-0.2, -0.15) is 0 Å². The van der Waals surface area contributed by atoms with E-state index in [9.17, 15) is 4.79 Å². The molecule has 1 amide bonds. The Bertz CT molecular complexity index is 628. The van der Waals surface area contributed by atoms with Crippen LogP contribution in [-0.2, 0) is 17.9 Å². The van der Waals surface area contributed by atoms with Gasteiger partial charge in [0.25, 0.3) is 0 Å². The van der Waals surface area contributed by atoms with Crippen LogP contribution >= 0.6 is 0 Å². The molecule has 0 fully saturated rings. The number of fused-ring (bicyclic) bond motifs is 1. The van der Waals surface area contributed by atoms with Crippen molar-refractivity contribution in [2.24, 2.45) is 0 Å². The highest BCUT2D eigenvalue weighted by molar-refractivity contribution is 5.86. The molecule has 0 saturated carbocycles. The first-order chi connectivity index (χ1) is 9.96. The Balaban J connectivity index is 2.20. The Labute approximate surface area is 126 Å². The summed E-state index contributed by atoms with van der Waals surface area (Å²) in [5.74, 6) is 0.0540. The molecule has 1 aromatic carbocycles. The predicted molar refractivity (Wildman–Crippen MR) is 87.2 cm³/mol. The number of aromatic nitrogens is 1. The molecule has 0 unspecified atom stereocenters. The third-order valence-corrected chi connectivity index (χ3v) is 3.95. The summed E-state index contributed by atoms with van der Waals surface area (Å²) in [4.78, 5) is 12.2. The smallest absolute Gasteiger partial charge is 0.240 e. The van der Waals surface area contributed by atoms with E-state index in [-0.39, 0.29) is 11.4 Å². The number of rotatable bonds is 6. The van der Waals surface area contributed by atoms with Gasteiger partial charge in [0.1, 0.15) is 6.54 Å². The first kappa shape index (κ1) is 15.6. The van der Waals surface area contributed by atoms with Gasteiger partial charge in [-0.05, 0) is 45.0 Å². The number of benzene rings is 1. The summed E-state index contributed by atoms with van der Waals surface area (Å²) in [6.45, 7) is 7.36. The molecular weight excluding hydrogens is 262 g/mol. The number of hydrogen-bond donors (Lipinski definition) is 2. The van der Waals surface area contributed by atoms with Gasteiger partial charge in [0.05, 0.1) is 0 Å². The molecule has 0 aliphatic carbocycles. The lowest BCUT2D eigenvalue weighted by molar-refractivity contribution is -0.123. The Morgan fingerprint density at radius 2 is 2.05 bits per heavy atom. The quantitative estimate of drug-likeness (QED) is 0.858. The standard InChI is InChI=1S/C17H25N3O/c1-5-17(2,3)19-16(21)12-20-10-9-14-13(11-18-4)7-6-8-15(14)20/h6-10,18H,5,11-12H2,1-4H3,(H,19,21). The Morgan fingerprint density at radius 1 is 1.29 bits per heavy atom. The lowest BCUT2D eigenvalue weighted by Crippen LogP contribution is -2.44. The van der Waals surface area contributed by atoms with Crippen molar-refractivity contribution in [3.8, 4) is 0 Å². The van der Waals surface area contributed by atoms with Gasteiger partial charge in [-0.15, -0.1) is 0 Å². The Morgan fingerprint density at radius 3 is 2.71 bits per heavy atom. The van der Waals surface area contributed by atoms with E-state index < -0.39 is 0 Å². The highest BCUT2D eigenvalue weighted by Gasteiger charge is 2.18. The fourth-order valence-corrected chi connectivity index (χ4v) is 2.43. The van der Waals surface area contributed by atoms with Crippen LogP contribution in [0.1, 0.15) is 32.8 Å². The molecule has 1 heterocycles. The van der Waals surface area contributed by atoms with Crippen LogP contribution in [0.15, 0.2) is 30.5 Å². The van der Waals surface area contributed by atoms with E-state index in [4.69, 9.17) is 0 Å². The molecule has 1 aromatic heterocycles. The zero-order valence-electron chi connectivity index (χ0n) is 13.4. The normalized spacial score (nSPS) is 11.8. The molecule has 114 valence electrons. The van der Waals surface area contributed by atoms with Crippen molar-refractivity contribution >= 4 is 16.8 Å². The number of amides is 1. The van der Waals surface area contributed by atoms with E-state index in [2.05, 4.69) is 35.8 Å². The summed E-state index contributed by atoms with van der Waals surface area (Å²) < 4.78 is 2.01. The highest BCUT2D eigenvalue weighted by Crippen LogP contribution is 2.20. The van der Waals surface area contributed by atoms with Crippen LogP contribution in [0, 0.1) is 0 Å². The molecule has 2 aromatic rings. The van der Waals surface area contributed by atoms with Gasteiger partial charge in [0.2, 0.25) is 5.91 Å². The van der Waals surface area contributed by atoms with Crippen molar-refractivity contribution in [2.45, 2.75) is 45.8 Å². The van der Waals surface area contributed by atoms with Gasteiger partial charge in [0, 0.05) is 29.2 Å². The second kappa shape index (κ2) is 6.31. The number of nitrogens with zero attached hydrogens (tertiary/aromatic N) is 1. The maximum Gasteiger partial charge on any atom is 0.240 e. The van der Waals surface area contributed by atoms with Crippen molar-refractivity contribution in [3.63, 3.8) is 0 Å². The zero-order valence-corrected chi connectivity index (χ0v) is 13.4. The van der Waals surface area contributed by atoms with Gasteiger partial charge >= 0.3 is 0 Å². The summed E-state index contributed by atoms with van der Waals surface area (Å²) in [6.07, 6.45) is 2.90. The van der Waals surface area contributed by atoms with Crippen molar-refractivity contribution in [1.82, 2.24) is 15.2 Å². The minimum atomic E-state index is -0.155. The van der Waals surface area contributed by atoms with Crippen LogP contribution in [0.3, 0.4) is 0 Å². The molecule has 0 bridgehead atoms. The largest absolute Gasteiger partial charge is 0.350 e. The van der Waals surface area contributed by atoms with Gasteiger partial charge in [-0.3, -0.25) is 4.79 Å². The second-order valence-corrected chi connectivity index (χ2v) is 6.11. The lowest BCUT2D eigenvalue weighted by atomic mass is 10.0. The zero-order chi connectivity index (χ0) is 15.5. The van der Waals surface area contributed by atoms with Crippen LogP contribution in [-0.4, -0.2) is 23.1 Å². The first-order valence-corrected chi connectivity index (χ1v) is 7.49. The first-order valence-electron chi connectivity index (χ1n) is 7.49. The topological polar surface area (TPSA) is 46.1 Å². The van der Waals surface area contributed by atoms with Gasteiger partial charge in [-0.25, -0.2) is 0 Å². The summed E-state index contributed by atoms with van der Waals surface area (Å²) in [6, 6.07) is 8.30. The van der Waals surface area contributed by atoms with Crippen molar-refractivity contribution in [2.75, 3.05) is 7.05 Å². The van der Waals surface area contributed by atoms with Crippen molar-refractivity contribution in [1.29, 1.82) is 0 Å². The van der Waals surface area contributed by atoms with Crippen LogP contribution < -0.4 is 10.6 Å². The molecule has 2 rings (SSSR count). The summed E-state index contributed by atoms with van der Waals surface area (Å²) in [5.41, 5.74) is 2.20. The van der Waals surface area contributed by atoms with Crippen LogP contribution in [0.4, 0.5) is 0 Å². The molecule has 0 radical (unpaired) electrons. The molecular formula is C17H25N3O. The summed E-state index contributed by atoms with van der Waals surface area (Å²) in [5, 5.41) is 7.46. The molecule has 0 aliphatic heterocycles. The van der Waals surface area contributed by atoms with E-state index in [0.29, 0.717) is 6.54 Å². The molecule has 0 spiro atoms. The van der Waals surface area contributed by atoms with E-state index in [1.807, 2.05) is 37.7 Å². The summed E-state index contributed by atoms with van der Waals surface area (Å²) >= 11 is 0. The fraction of sp³-hybridized carbons (Fsp3) is 0.471. The van der Waals surface area contributed by atoms with Crippen molar-refractivity contribution in [3.05, 3.63) is 36.0 Å². The third-order valence-electron chi connectivity index (χ3n) is 3.95. The van der Waals surface area contributed by atoms with Crippen LogP contribution in [0.2, 0.25) is 0 Å². The molecule has 2 N–H and O–H groups in total. The van der Waals surface area contributed by atoms with E-state index in [1.54, 1.807) is 0 Å². The van der Waals surface area contributed by atoms with E-state index in [1.165, 1.54) is 10.9 Å². The molecule has 0 saturated heterocycles. The number of carbonyl (C=O) groups is 1. The molecule has 0 aliphatic rings. The Kier molecular flexibility index (Phi) is 4.68. The fourth-order valence-electron chi connectivity index (χ4n) is 2.43. The number of nitrogens with one attached hydrogen (secondary N) is 2. The van der Waals surface area contributed by atoms with E-state index >= 15 is 0 Å². The average Bonchev–Trinajstić information content (AvgIpc) is 2.83. The molecule has 4 heteroatoms. The minimum Gasteiger partial charge on any atom is -0.350 e. The maximum atomic E-state index is 12.2. The second-order valence-electron chi connectivity index (χ2n) is 6.11. The molecule has 0 atom stereocenters. The van der Waals surface area contributed by atoms with Gasteiger partial charge < -0.3 is 15.2 Å². The predicted octanol–water partition coefficient (Wildman–Crippen LogP) is 2.67. The van der Waals surface area contributed by atoms with Crippen LogP contribution in [0.25, 0.3) is 10.9 Å². The van der Waals surface area contributed by atoms with Gasteiger partial charge in [-0.1, -0.05) is 19.1 Å². The average molecular weight is 287 g/mol. The van der Waals surface area contributed by atoms with Gasteiger partial charge in [0.15, 0.2) is 0 Å². The molecule has 21 heavy (non-hydrogen) atoms. The monoisotopic (exact) mass is 287 g/mol. The number of carbonyl (C=O) groups excluding carboxylic acids is 1. The Hall–Kier alpha value is -1.81. The maximum absolute atomic E-state index is 12.2. The number of hydrogen-bond acceptors (Lipinski definition) is 2. The van der Waals surface area contributed by atoms with E-state index in [0.717, 1.165) is 18.5 Å². The SMILES string of the molecule is CCC(C)(C)NC(=O)Cn1ccc2c(CNC)cccc21. The third kappa shape index (κ3) is 3.64.